The van der Waals surface area contributed by atoms with Crippen LogP contribution in [0, 0.1) is 18.8 Å². The van der Waals surface area contributed by atoms with Crippen molar-refractivity contribution < 1.29 is 14.7 Å². The molecule has 0 bridgehead atoms. The van der Waals surface area contributed by atoms with Gasteiger partial charge in [0.05, 0.1) is 23.2 Å². The molecule has 1 aromatic heterocycles. The first-order chi connectivity index (χ1) is 12.4. The van der Waals surface area contributed by atoms with E-state index in [9.17, 15) is 14.7 Å². The summed E-state index contributed by atoms with van der Waals surface area (Å²) in [7, 11) is 0. The molecule has 0 saturated carbocycles. The molecule has 1 saturated heterocycles. The zero-order chi connectivity index (χ0) is 18.7. The Balaban J connectivity index is 1.62. The van der Waals surface area contributed by atoms with Crippen LogP contribution in [0.4, 0.5) is 5.69 Å². The van der Waals surface area contributed by atoms with Crippen molar-refractivity contribution in [3.05, 3.63) is 34.7 Å². The van der Waals surface area contributed by atoms with E-state index in [0.29, 0.717) is 13.0 Å². The van der Waals surface area contributed by atoms with Crippen LogP contribution in [0.1, 0.15) is 18.4 Å². The highest BCUT2D eigenvalue weighted by atomic mass is 32.1. The van der Waals surface area contributed by atoms with E-state index in [1.165, 1.54) is 0 Å². The molecule has 0 spiro atoms. The highest BCUT2D eigenvalue weighted by molar-refractivity contribution is 7.09. The molecule has 26 heavy (non-hydrogen) atoms. The van der Waals surface area contributed by atoms with Gasteiger partial charge >= 0.3 is 5.97 Å². The van der Waals surface area contributed by atoms with Gasteiger partial charge in [0.2, 0.25) is 5.91 Å². The number of likely N-dealkylation sites (tertiary alicyclic amines) is 1. The molecule has 0 aliphatic carbocycles. The molecular formula is C19H23N3O3S. The Kier molecular flexibility index (Phi) is 5.68. The van der Waals surface area contributed by atoms with E-state index in [2.05, 4.69) is 10.3 Å². The average molecular weight is 373 g/mol. The lowest BCUT2D eigenvalue weighted by atomic mass is 9.90. The van der Waals surface area contributed by atoms with Crippen LogP contribution in [-0.4, -0.2) is 46.5 Å². The van der Waals surface area contributed by atoms with Gasteiger partial charge in [0.1, 0.15) is 0 Å². The lowest BCUT2D eigenvalue weighted by molar-refractivity contribution is -0.144. The van der Waals surface area contributed by atoms with Gasteiger partial charge in [-0.2, -0.15) is 0 Å². The molecule has 0 radical (unpaired) electrons. The van der Waals surface area contributed by atoms with E-state index in [0.717, 1.165) is 28.5 Å². The van der Waals surface area contributed by atoms with Crippen molar-refractivity contribution in [3.63, 3.8) is 0 Å². The molecule has 1 aromatic carbocycles. The van der Waals surface area contributed by atoms with Crippen molar-refractivity contribution in [2.75, 3.05) is 25.0 Å². The van der Waals surface area contributed by atoms with Crippen molar-refractivity contribution in [3.8, 4) is 11.3 Å². The molecule has 1 aliphatic rings. The number of anilines is 1. The average Bonchev–Trinajstić information content (AvgIpc) is 3.01. The van der Waals surface area contributed by atoms with Crippen LogP contribution < -0.4 is 5.32 Å². The molecule has 7 heteroatoms. The minimum atomic E-state index is -0.784. The Morgan fingerprint density at radius 3 is 2.88 bits per heavy atom. The number of nitrogens with one attached hydrogen (secondary N) is 1. The molecule has 6 nitrogen and oxygen atoms in total. The van der Waals surface area contributed by atoms with E-state index in [1.54, 1.807) is 11.3 Å². The van der Waals surface area contributed by atoms with Crippen molar-refractivity contribution in [2.45, 2.75) is 20.3 Å². The number of aromatic nitrogens is 1. The number of thiazole rings is 1. The summed E-state index contributed by atoms with van der Waals surface area (Å²) >= 11 is 1.59. The highest BCUT2D eigenvalue weighted by Gasteiger charge is 2.30. The van der Waals surface area contributed by atoms with Crippen LogP contribution in [0.3, 0.4) is 0 Å². The second-order valence-corrected chi connectivity index (χ2v) is 8.01. The Morgan fingerprint density at radius 1 is 1.38 bits per heavy atom. The third kappa shape index (κ3) is 4.68. The fourth-order valence-electron chi connectivity index (χ4n) is 3.43. The molecule has 1 amide bonds. The summed E-state index contributed by atoms with van der Waals surface area (Å²) < 4.78 is 0. The number of piperidine rings is 1. The van der Waals surface area contributed by atoms with Gasteiger partial charge in [-0.05, 0) is 31.4 Å². The Labute approximate surface area is 156 Å². The minimum absolute atomic E-state index is 0.130. The van der Waals surface area contributed by atoms with Crippen molar-refractivity contribution >= 4 is 28.9 Å². The molecular weight excluding hydrogens is 350 g/mol. The first-order valence-corrected chi connectivity index (χ1v) is 9.56. The summed E-state index contributed by atoms with van der Waals surface area (Å²) in [5.41, 5.74) is 2.58. The summed E-state index contributed by atoms with van der Waals surface area (Å²) in [4.78, 5) is 30.1. The first kappa shape index (κ1) is 18.5. The number of aliphatic carboxylic acids is 1. The quantitative estimate of drug-likeness (QED) is 0.841. The molecule has 3 rings (SSSR count). The maximum atomic E-state index is 12.4. The smallest absolute Gasteiger partial charge is 0.307 e. The van der Waals surface area contributed by atoms with Crippen LogP contribution in [0.5, 0.6) is 0 Å². The molecule has 1 fully saturated rings. The van der Waals surface area contributed by atoms with Crippen LogP contribution in [0.25, 0.3) is 11.3 Å². The van der Waals surface area contributed by atoms with Crippen molar-refractivity contribution in [2.24, 2.45) is 11.8 Å². The number of hydrogen-bond acceptors (Lipinski definition) is 5. The summed E-state index contributed by atoms with van der Waals surface area (Å²) in [5, 5.41) is 15.2. The Morgan fingerprint density at radius 2 is 2.19 bits per heavy atom. The normalized spacial score (nSPS) is 20.7. The van der Waals surface area contributed by atoms with E-state index in [4.69, 9.17) is 0 Å². The van der Waals surface area contributed by atoms with Gasteiger partial charge < -0.3 is 10.4 Å². The summed E-state index contributed by atoms with van der Waals surface area (Å²) in [6, 6.07) is 7.61. The summed E-state index contributed by atoms with van der Waals surface area (Å²) in [5.74, 6) is -1.04. The second kappa shape index (κ2) is 7.97. The first-order valence-electron chi connectivity index (χ1n) is 8.68. The van der Waals surface area contributed by atoms with Crippen LogP contribution in [0.2, 0.25) is 0 Å². The lowest BCUT2D eigenvalue weighted by Crippen LogP contribution is -2.45. The number of carbonyl (C=O) groups excluding carboxylic acids is 1. The number of carbonyl (C=O) groups is 2. The monoisotopic (exact) mass is 373 g/mol. The zero-order valence-corrected chi connectivity index (χ0v) is 15.8. The maximum absolute atomic E-state index is 12.4. The zero-order valence-electron chi connectivity index (χ0n) is 14.9. The number of hydrogen-bond donors (Lipinski definition) is 2. The predicted molar refractivity (Wildman–Crippen MR) is 102 cm³/mol. The molecule has 1 aliphatic heterocycles. The minimum Gasteiger partial charge on any atom is -0.481 e. The molecule has 2 atom stereocenters. The van der Waals surface area contributed by atoms with Crippen LogP contribution >= 0.6 is 11.3 Å². The summed E-state index contributed by atoms with van der Waals surface area (Å²) in [6.45, 7) is 5.36. The van der Waals surface area contributed by atoms with Crippen molar-refractivity contribution in [1.82, 2.24) is 9.88 Å². The summed E-state index contributed by atoms with van der Waals surface area (Å²) in [6.07, 6.45) is 0.669. The van der Waals surface area contributed by atoms with E-state index in [-0.39, 0.29) is 18.4 Å². The van der Waals surface area contributed by atoms with Crippen LogP contribution in [0.15, 0.2) is 29.6 Å². The van der Waals surface area contributed by atoms with Gasteiger partial charge in [0.25, 0.3) is 0 Å². The van der Waals surface area contributed by atoms with Gasteiger partial charge in [-0.1, -0.05) is 19.1 Å². The van der Waals surface area contributed by atoms with Gasteiger partial charge in [0, 0.05) is 29.7 Å². The molecule has 2 N–H and O–H groups in total. The molecule has 2 aromatic rings. The third-order valence-electron chi connectivity index (χ3n) is 4.51. The number of carboxylic acid groups (broad SMARTS) is 1. The van der Waals surface area contributed by atoms with E-state index < -0.39 is 11.9 Å². The maximum Gasteiger partial charge on any atom is 0.307 e. The highest BCUT2D eigenvalue weighted by Crippen LogP contribution is 2.25. The molecule has 2 heterocycles. The van der Waals surface area contributed by atoms with Crippen LogP contribution in [-0.2, 0) is 9.59 Å². The van der Waals surface area contributed by atoms with Gasteiger partial charge in [0.15, 0.2) is 0 Å². The largest absolute Gasteiger partial charge is 0.481 e. The Hall–Kier alpha value is -2.25. The standard InChI is InChI=1S/C19H23N3O3S/c1-12-6-15(19(24)25)9-22(8-12)10-18(23)21-16-5-3-4-14(7-16)17-11-26-13(2)20-17/h3-5,7,11-12,15H,6,8-10H2,1-2H3,(H,21,23)(H,24,25). The van der Waals surface area contributed by atoms with E-state index in [1.807, 2.05) is 48.4 Å². The van der Waals surface area contributed by atoms with Gasteiger partial charge in [-0.25, -0.2) is 4.98 Å². The number of carboxylic acids is 1. The Bertz CT molecular complexity index is 805. The topological polar surface area (TPSA) is 82.5 Å². The molecule has 138 valence electrons. The number of amides is 1. The number of rotatable bonds is 5. The van der Waals surface area contributed by atoms with Gasteiger partial charge in [-0.3, -0.25) is 14.5 Å². The molecule has 2 unspecified atom stereocenters. The van der Waals surface area contributed by atoms with Gasteiger partial charge in [-0.15, -0.1) is 11.3 Å². The SMILES string of the molecule is Cc1nc(-c2cccc(NC(=O)CN3CC(C)CC(C(=O)O)C3)c2)cs1. The fraction of sp³-hybridized carbons (Fsp3) is 0.421. The predicted octanol–water partition coefficient (Wildman–Crippen LogP) is 3.10. The fourth-order valence-corrected chi connectivity index (χ4v) is 4.05. The lowest BCUT2D eigenvalue weighted by Gasteiger charge is -2.34. The third-order valence-corrected chi connectivity index (χ3v) is 5.29. The number of aryl methyl sites for hydroxylation is 1. The number of benzene rings is 1. The number of nitrogens with zero attached hydrogens (tertiary/aromatic N) is 2. The van der Waals surface area contributed by atoms with E-state index >= 15 is 0 Å². The van der Waals surface area contributed by atoms with Crippen molar-refractivity contribution in [1.29, 1.82) is 0 Å². The second-order valence-electron chi connectivity index (χ2n) is 6.95.